The van der Waals surface area contributed by atoms with E-state index in [1.54, 1.807) is 11.3 Å². The number of halogens is 4. The number of rotatable bonds is 41. The van der Waals surface area contributed by atoms with Crippen LogP contribution in [0.3, 0.4) is 0 Å². The summed E-state index contributed by atoms with van der Waals surface area (Å²) < 4.78 is 113. The number of nitrogens with two attached hydrogens (primary N) is 1. The van der Waals surface area contributed by atoms with Crippen molar-refractivity contribution in [2.24, 2.45) is 10.7 Å². The summed E-state index contributed by atoms with van der Waals surface area (Å²) in [5.74, 6) is -9.54. The lowest BCUT2D eigenvalue weighted by Gasteiger charge is -2.34. The van der Waals surface area contributed by atoms with Crippen molar-refractivity contribution in [2.45, 2.75) is 64.4 Å². The zero-order valence-corrected chi connectivity index (χ0v) is 45.2. The Kier molecular flexibility index (Phi) is 30.9. The molecule has 0 spiro atoms. The van der Waals surface area contributed by atoms with E-state index in [4.69, 9.17) is 57.9 Å². The number of amides is 2. The van der Waals surface area contributed by atoms with Crippen LogP contribution in [0.4, 0.5) is 28.0 Å². The average molecular weight is 1140 g/mol. The molecular formula is C51H76F4N6O16S. The number of ether oxygens (including phenoxy) is 11. The first-order chi connectivity index (χ1) is 37.9. The molecule has 1 saturated carbocycles. The molecule has 27 heteroatoms. The summed E-state index contributed by atoms with van der Waals surface area (Å²) in [5, 5.41) is 13.6. The highest BCUT2D eigenvalue weighted by Crippen LogP contribution is 2.36. The van der Waals surface area contributed by atoms with Crippen LogP contribution < -0.4 is 15.8 Å². The summed E-state index contributed by atoms with van der Waals surface area (Å²) in [7, 11) is 0. The predicted octanol–water partition coefficient (Wildman–Crippen LogP) is 4.11. The Balaban J connectivity index is 0.774. The van der Waals surface area contributed by atoms with Crippen LogP contribution in [0.15, 0.2) is 22.7 Å². The zero-order valence-electron chi connectivity index (χ0n) is 44.4. The third-order valence-corrected chi connectivity index (χ3v) is 12.9. The van der Waals surface area contributed by atoms with Gasteiger partial charge in [0.2, 0.25) is 17.4 Å². The third kappa shape index (κ3) is 24.5. The number of esters is 1. The van der Waals surface area contributed by atoms with E-state index in [1.807, 2.05) is 13.0 Å². The van der Waals surface area contributed by atoms with Gasteiger partial charge in [-0.1, -0.05) is 0 Å². The Labute approximate surface area is 456 Å². The number of aliphatic hydroxyl groups is 1. The van der Waals surface area contributed by atoms with Gasteiger partial charge in [-0.25, -0.2) is 23.6 Å². The Morgan fingerprint density at radius 1 is 0.782 bits per heavy atom. The number of fused-ring (bicyclic) bond motifs is 1. The van der Waals surface area contributed by atoms with Crippen LogP contribution in [0.25, 0.3) is 6.08 Å². The predicted molar refractivity (Wildman–Crippen MR) is 275 cm³/mol. The van der Waals surface area contributed by atoms with Gasteiger partial charge >= 0.3 is 12.1 Å². The summed E-state index contributed by atoms with van der Waals surface area (Å²) >= 11 is 1.61. The first-order valence-corrected chi connectivity index (χ1v) is 27.2. The molecule has 5 rings (SSSR count). The van der Waals surface area contributed by atoms with Crippen molar-refractivity contribution in [3.05, 3.63) is 50.7 Å². The van der Waals surface area contributed by atoms with Gasteiger partial charge in [0.05, 0.1) is 142 Å². The number of thiophene rings is 1. The number of alkyl carbamates (subject to hydrolysis) is 1. The number of carbonyl (C=O) groups excluding carboxylic acids is 3. The minimum Gasteiger partial charge on any atom is -0.446 e. The summed E-state index contributed by atoms with van der Waals surface area (Å²) in [6.07, 6.45) is 3.73. The van der Waals surface area contributed by atoms with Crippen molar-refractivity contribution in [3.63, 3.8) is 0 Å². The van der Waals surface area contributed by atoms with Crippen molar-refractivity contribution in [1.82, 2.24) is 20.2 Å². The Bertz CT molecular complexity index is 2130. The highest BCUT2D eigenvalue weighted by atomic mass is 32.1. The van der Waals surface area contributed by atoms with E-state index in [-0.39, 0.29) is 77.4 Å². The van der Waals surface area contributed by atoms with Gasteiger partial charge in [-0.2, -0.15) is 8.78 Å². The molecule has 3 heterocycles. The molecule has 1 atom stereocenters. The molecule has 2 fully saturated rings. The van der Waals surface area contributed by atoms with Gasteiger partial charge < -0.3 is 68.3 Å². The first-order valence-electron chi connectivity index (χ1n) is 26.4. The number of carbonyl (C=O) groups is 3. The van der Waals surface area contributed by atoms with Gasteiger partial charge in [-0.3, -0.25) is 24.2 Å². The van der Waals surface area contributed by atoms with Crippen LogP contribution in [0, 0.1) is 23.3 Å². The molecule has 1 unspecified atom stereocenters. The van der Waals surface area contributed by atoms with Gasteiger partial charge in [0.15, 0.2) is 17.9 Å². The second-order valence-corrected chi connectivity index (χ2v) is 18.9. The van der Waals surface area contributed by atoms with Crippen molar-refractivity contribution in [1.29, 1.82) is 0 Å². The van der Waals surface area contributed by atoms with Crippen molar-refractivity contribution >= 4 is 46.9 Å². The maximum atomic E-state index is 13.6. The lowest BCUT2D eigenvalue weighted by Crippen LogP contribution is -2.46. The maximum absolute atomic E-state index is 13.6. The summed E-state index contributed by atoms with van der Waals surface area (Å²) in [6.45, 7) is 12.3. The molecule has 440 valence electrons. The Morgan fingerprint density at radius 2 is 1.33 bits per heavy atom. The number of piperazine rings is 1. The summed E-state index contributed by atoms with van der Waals surface area (Å²) in [6, 6.07) is 2.06. The van der Waals surface area contributed by atoms with E-state index in [2.05, 4.69) is 30.9 Å². The normalized spacial score (nSPS) is 15.5. The van der Waals surface area contributed by atoms with Gasteiger partial charge in [-0.15, -0.1) is 11.3 Å². The molecule has 2 aromatic rings. The number of nitrogens with zero attached hydrogens (tertiary/aromatic N) is 4. The molecule has 0 bridgehead atoms. The van der Waals surface area contributed by atoms with Gasteiger partial charge in [0.1, 0.15) is 11.9 Å². The minimum absolute atomic E-state index is 0.00516. The van der Waals surface area contributed by atoms with Crippen molar-refractivity contribution in [3.8, 4) is 5.75 Å². The lowest BCUT2D eigenvalue weighted by atomic mass is 9.96. The molecule has 1 saturated heterocycles. The van der Waals surface area contributed by atoms with E-state index in [0.29, 0.717) is 97.0 Å². The van der Waals surface area contributed by atoms with Crippen LogP contribution in [0.5, 0.6) is 5.75 Å². The number of hydrogen-bond acceptors (Lipinski definition) is 21. The number of aliphatic imine (C=N–C) groups is 1. The zero-order chi connectivity index (χ0) is 55.7. The number of nitrogens with one attached hydrogen (secondary N) is 1. The maximum Gasteiger partial charge on any atom is 0.407 e. The van der Waals surface area contributed by atoms with E-state index in [1.165, 1.54) is 5.06 Å². The fourth-order valence-electron chi connectivity index (χ4n) is 7.57. The summed E-state index contributed by atoms with van der Waals surface area (Å²) in [4.78, 5) is 54.6. The lowest BCUT2D eigenvalue weighted by molar-refractivity contribution is -0.180. The highest BCUT2D eigenvalue weighted by Gasteiger charge is 2.26. The van der Waals surface area contributed by atoms with Crippen LogP contribution in [0.1, 0.15) is 55.2 Å². The van der Waals surface area contributed by atoms with Crippen molar-refractivity contribution in [2.75, 3.05) is 165 Å². The van der Waals surface area contributed by atoms with Crippen LogP contribution >= 0.6 is 11.3 Å². The topological polar surface area (TPSA) is 242 Å². The molecule has 78 heavy (non-hydrogen) atoms. The molecule has 0 radical (unpaired) electrons. The smallest absolute Gasteiger partial charge is 0.407 e. The van der Waals surface area contributed by atoms with Crippen LogP contribution in [-0.2, 0) is 68.3 Å². The fraction of sp³-hybridized carbons (Fsp3) is 0.686. The number of amidine groups is 1. The molecule has 2 aliphatic heterocycles. The minimum atomic E-state index is -1.82. The molecule has 22 nitrogen and oxygen atoms in total. The molecule has 3 aliphatic rings. The molecule has 1 aromatic carbocycles. The highest BCUT2D eigenvalue weighted by molar-refractivity contribution is 7.13. The van der Waals surface area contributed by atoms with E-state index < -0.39 is 53.8 Å². The fourth-order valence-corrected chi connectivity index (χ4v) is 8.68. The second kappa shape index (κ2) is 37.5. The largest absolute Gasteiger partial charge is 0.446 e. The standard InChI is InChI=1S/C51H76F4N6O16S/c1-2-75-61(9-4-8-57-51(65)76-38-5-3-6-38)50(64)37-31-43-42(58-44(56)32-37)33-39(78-43)35-60-12-10-59(11-13-60)14-16-67-18-20-68-21-22-69-23-24-70-25-26-72-28-30-74-46(36-62)73-29-27-71-19-17-66-15-7-45(63)77-49-47(54)40(52)34-41(53)48(49)55/h31,33-34,38,46,62H,2-30,32,35-36H2,1H3,(H2,56,58)(H,57,65). The second-order valence-electron chi connectivity index (χ2n) is 17.8. The Hall–Kier alpha value is -4.46. The van der Waals surface area contributed by atoms with E-state index in [0.717, 1.165) is 74.0 Å². The van der Waals surface area contributed by atoms with E-state index in [9.17, 15) is 37.1 Å². The van der Waals surface area contributed by atoms with Gasteiger partial charge in [-0.05, 0) is 44.7 Å². The number of benzene rings is 1. The third-order valence-electron chi connectivity index (χ3n) is 11.9. The van der Waals surface area contributed by atoms with Crippen molar-refractivity contribution < 1.29 is 94.0 Å². The van der Waals surface area contributed by atoms with Gasteiger partial charge in [0, 0.05) is 68.8 Å². The summed E-state index contributed by atoms with van der Waals surface area (Å²) in [5.41, 5.74) is 7.56. The molecule has 1 aromatic heterocycles. The molecule has 1 aliphatic carbocycles. The number of hydroxylamine groups is 2. The molecular weight excluding hydrogens is 1060 g/mol. The van der Waals surface area contributed by atoms with E-state index >= 15 is 0 Å². The number of aliphatic hydroxyl groups excluding tert-OH is 1. The van der Waals surface area contributed by atoms with Crippen LogP contribution in [-0.4, -0.2) is 221 Å². The SMILES string of the molecule is CCON(CCCNC(=O)OC1CCC1)C(=O)C1=Cc2sc(CN3CCN(CCOCCOCCOCCOCCOCCOC(CO)OCCOCCOCCC(=O)Oc4c(F)c(F)cc(F)c4F)CC3)cc2N=C(N)C1. The first kappa shape index (κ1) is 64.4. The van der Waals surface area contributed by atoms with Gasteiger partial charge in [0.25, 0.3) is 5.91 Å². The molecule has 4 N–H and O–H groups in total. The molecule has 2 amide bonds. The Morgan fingerprint density at radius 3 is 1.88 bits per heavy atom. The average Bonchev–Trinajstić information content (AvgIpc) is 3.76. The van der Waals surface area contributed by atoms with Crippen LogP contribution in [0.2, 0.25) is 0 Å². The number of hydrogen-bond donors (Lipinski definition) is 3. The quantitative estimate of drug-likeness (QED) is 0.0161. The monoisotopic (exact) mass is 1140 g/mol.